The highest BCUT2D eigenvalue weighted by Crippen LogP contribution is 2.23. The van der Waals surface area contributed by atoms with E-state index in [2.05, 4.69) is 9.97 Å². The smallest absolute Gasteiger partial charge is 0.254 e. The average Bonchev–Trinajstić information content (AvgIpc) is 2.61. The van der Waals surface area contributed by atoms with E-state index in [0.717, 1.165) is 5.56 Å². The number of benzene rings is 1. The summed E-state index contributed by atoms with van der Waals surface area (Å²) in [4.78, 5) is 22.4. The molecule has 2 aromatic rings. The van der Waals surface area contributed by atoms with E-state index >= 15 is 0 Å². The summed E-state index contributed by atoms with van der Waals surface area (Å²) >= 11 is 0. The molecular weight excluding hydrogens is 342 g/mol. The summed E-state index contributed by atoms with van der Waals surface area (Å²) in [6.45, 7) is 1.53. The zero-order valence-corrected chi connectivity index (χ0v) is 14.6. The number of nitrogens with two attached hydrogens (primary N) is 1. The third kappa shape index (κ3) is 3.77. The van der Waals surface area contributed by atoms with Gasteiger partial charge >= 0.3 is 0 Å². The number of hydrogen-bond donors (Lipinski definition) is 1. The van der Waals surface area contributed by atoms with E-state index < -0.39 is 15.9 Å². The van der Waals surface area contributed by atoms with Crippen LogP contribution in [0, 0.1) is 0 Å². The normalized spacial score (nSPS) is 16.0. The van der Waals surface area contributed by atoms with Crippen molar-refractivity contribution in [3.05, 3.63) is 42.1 Å². The quantitative estimate of drug-likeness (QED) is 0.840. The van der Waals surface area contributed by atoms with Gasteiger partial charge in [-0.25, -0.2) is 18.4 Å². The predicted octanol–water partition coefficient (Wildman–Crippen LogP) is 0.324. The highest BCUT2D eigenvalue weighted by atomic mass is 32.2. The first-order valence-electron chi connectivity index (χ1n) is 7.78. The molecule has 9 heteroatoms. The van der Waals surface area contributed by atoms with Gasteiger partial charge in [-0.15, -0.1) is 0 Å². The van der Waals surface area contributed by atoms with E-state index in [1.54, 1.807) is 0 Å². The van der Waals surface area contributed by atoms with E-state index in [-0.39, 0.29) is 5.56 Å². The lowest BCUT2D eigenvalue weighted by Gasteiger charge is -2.34. The molecule has 0 aliphatic carbocycles. The molecule has 0 spiro atoms. The zero-order chi connectivity index (χ0) is 18.0. The number of primary amides is 1. The van der Waals surface area contributed by atoms with Crippen molar-refractivity contribution >= 4 is 21.7 Å². The van der Waals surface area contributed by atoms with Gasteiger partial charge in [0.25, 0.3) is 5.91 Å². The molecule has 1 aromatic heterocycles. The molecule has 0 saturated carbocycles. The topological polar surface area (TPSA) is 109 Å². The van der Waals surface area contributed by atoms with Crippen LogP contribution >= 0.6 is 0 Å². The van der Waals surface area contributed by atoms with E-state index in [4.69, 9.17) is 5.73 Å². The minimum atomic E-state index is -3.23. The average molecular weight is 361 g/mol. The maximum atomic E-state index is 11.7. The second kappa shape index (κ2) is 6.77. The Kier molecular flexibility index (Phi) is 4.69. The minimum Gasteiger partial charge on any atom is -0.365 e. The van der Waals surface area contributed by atoms with Crippen LogP contribution in [0.4, 0.5) is 5.82 Å². The van der Waals surface area contributed by atoms with Crippen molar-refractivity contribution in [2.24, 2.45) is 5.73 Å². The summed E-state index contributed by atoms with van der Waals surface area (Å²) in [6.07, 6.45) is 2.62. The zero-order valence-electron chi connectivity index (χ0n) is 13.8. The lowest BCUT2D eigenvalue weighted by Crippen LogP contribution is -2.49. The highest BCUT2D eigenvalue weighted by Gasteiger charge is 2.26. The Morgan fingerprint density at radius 3 is 2.32 bits per heavy atom. The third-order valence-corrected chi connectivity index (χ3v) is 5.38. The van der Waals surface area contributed by atoms with Crippen molar-refractivity contribution in [3.63, 3.8) is 0 Å². The SMILES string of the molecule is CS(=O)(=O)N1CCN(c2nc(-c3ccccc3)ncc2C(N)=O)CC1. The molecule has 25 heavy (non-hydrogen) atoms. The van der Waals surface area contributed by atoms with Crippen molar-refractivity contribution < 1.29 is 13.2 Å². The van der Waals surface area contributed by atoms with Gasteiger partial charge in [-0.3, -0.25) is 4.79 Å². The fourth-order valence-corrected chi connectivity index (χ4v) is 3.57. The Morgan fingerprint density at radius 2 is 1.76 bits per heavy atom. The third-order valence-electron chi connectivity index (χ3n) is 4.07. The van der Waals surface area contributed by atoms with Gasteiger partial charge in [-0.2, -0.15) is 4.31 Å². The number of piperazine rings is 1. The fraction of sp³-hybridized carbons (Fsp3) is 0.312. The van der Waals surface area contributed by atoms with Gasteiger partial charge in [-0.05, 0) is 0 Å². The summed E-state index contributed by atoms with van der Waals surface area (Å²) in [5, 5.41) is 0. The molecular formula is C16H19N5O3S. The van der Waals surface area contributed by atoms with Crippen LogP contribution in [0.3, 0.4) is 0 Å². The lowest BCUT2D eigenvalue weighted by molar-refractivity contribution is 0.1000. The van der Waals surface area contributed by atoms with Crippen molar-refractivity contribution in [1.29, 1.82) is 0 Å². The van der Waals surface area contributed by atoms with E-state index in [1.807, 2.05) is 35.2 Å². The number of rotatable bonds is 4. The second-order valence-corrected chi connectivity index (χ2v) is 7.79. The number of aromatic nitrogens is 2. The number of carbonyl (C=O) groups excluding carboxylic acids is 1. The monoisotopic (exact) mass is 361 g/mol. The first-order chi connectivity index (χ1) is 11.9. The molecule has 1 saturated heterocycles. The highest BCUT2D eigenvalue weighted by molar-refractivity contribution is 7.88. The number of nitrogens with zero attached hydrogens (tertiary/aromatic N) is 4. The minimum absolute atomic E-state index is 0.229. The van der Waals surface area contributed by atoms with Crippen LogP contribution in [0.5, 0.6) is 0 Å². The van der Waals surface area contributed by atoms with Gasteiger partial charge in [0.2, 0.25) is 10.0 Å². The molecule has 0 unspecified atom stereocenters. The van der Waals surface area contributed by atoms with Gasteiger partial charge in [0, 0.05) is 37.9 Å². The van der Waals surface area contributed by atoms with Crippen LogP contribution < -0.4 is 10.6 Å². The Labute approximate surface area is 146 Å². The van der Waals surface area contributed by atoms with Crippen LogP contribution in [0.2, 0.25) is 0 Å². The molecule has 1 aliphatic rings. The molecule has 8 nitrogen and oxygen atoms in total. The maximum absolute atomic E-state index is 11.7. The first kappa shape index (κ1) is 17.3. The van der Waals surface area contributed by atoms with Gasteiger partial charge in [-0.1, -0.05) is 30.3 Å². The molecule has 2 N–H and O–H groups in total. The Balaban J connectivity index is 1.93. The number of anilines is 1. The van der Waals surface area contributed by atoms with Crippen LogP contribution in [0.25, 0.3) is 11.4 Å². The van der Waals surface area contributed by atoms with Crippen LogP contribution in [0.1, 0.15) is 10.4 Å². The Hall–Kier alpha value is -2.52. The number of carbonyl (C=O) groups is 1. The molecule has 1 aromatic carbocycles. The van der Waals surface area contributed by atoms with E-state index in [0.29, 0.717) is 37.8 Å². The summed E-state index contributed by atoms with van der Waals surface area (Å²) in [7, 11) is -3.23. The van der Waals surface area contributed by atoms with E-state index in [1.165, 1.54) is 16.8 Å². The van der Waals surface area contributed by atoms with Crippen molar-refractivity contribution in [2.45, 2.75) is 0 Å². The van der Waals surface area contributed by atoms with Gasteiger partial charge in [0.05, 0.1) is 6.26 Å². The van der Waals surface area contributed by atoms with Crippen LogP contribution in [-0.2, 0) is 10.0 Å². The fourth-order valence-electron chi connectivity index (χ4n) is 2.75. The molecule has 3 rings (SSSR count). The Bertz CT molecular complexity index is 878. The summed E-state index contributed by atoms with van der Waals surface area (Å²) in [5.41, 5.74) is 6.51. The van der Waals surface area contributed by atoms with Crippen molar-refractivity contribution in [2.75, 3.05) is 37.3 Å². The molecule has 2 heterocycles. The van der Waals surface area contributed by atoms with Crippen LogP contribution in [-0.4, -0.2) is 61.0 Å². The van der Waals surface area contributed by atoms with Crippen molar-refractivity contribution in [3.8, 4) is 11.4 Å². The summed E-state index contributed by atoms with van der Waals surface area (Å²) in [6, 6.07) is 9.42. The number of hydrogen-bond acceptors (Lipinski definition) is 6. The standard InChI is InChI=1S/C16H19N5O3S/c1-25(23,24)21-9-7-20(8-10-21)16-13(14(17)22)11-18-15(19-16)12-5-3-2-4-6-12/h2-6,11H,7-10H2,1H3,(H2,17,22). The molecule has 0 radical (unpaired) electrons. The van der Waals surface area contributed by atoms with Crippen molar-refractivity contribution in [1.82, 2.24) is 14.3 Å². The summed E-state index contributed by atoms with van der Waals surface area (Å²) < 4.78 is 24.7. The Morgan fingerprint density at radius 1 is 1.12 bits per heavy atom. The molecule has 1 fully saturated rings. The largest absolute Gasteiger partial charge is 0.365 e. The molecule has 0 bridgehead atoms. The number of amides is 1. The summed E-state index contributed by atoms with van der Waals surface area (Å²) in [5.74, 6) is 0.320. The lowest BCUT2D eigenvalue weighted by atomic mass is 10.2. The second-order valence-electron chi connectivity index (χ2n) is 5.81. The number of sulfonamides is 1. The van der Waals surface area contributed by atoms with Gasteiger partial charge in [0.1, 0.15) is 11.4 Å². The molecule has 0 atom stereocenters. The maximum Gasteiger partial charge on any atom is 0.254 e. The molecule has 1 amide bonds. The molecule has 1 aliphatic heterocycles. The molecule has 132 valence electrons. The van der Waals surface area contributed by atoms with Gasteiger partial charge in [0.15, 0.2) is 5.82 Å². The predicted molar refractivity (Wildman–Crippen MR) is 94.6 cm³/mol. The van der Waals surface area contributed by atoms with E-state index in [9.17, 15) is 13.2 Å². The van der Waals surface area contributed by atoms with Crippen LogP contribution in [0.15, 0.2) is 36.5 Å². The first-order valence-corrected chi connectivity index (χ1v) is 9.63. The van der Waals surface area contributed by atoms with Gasteiger partial charge < -0.3 is 10.6 Å².